The molecule has 0 aromatic carbocycles. The first-order valence-electron chi connectivity index (χ1n) is 6.03. The maximum atomic E-state index is 11.5. The topological polar surface area (TPSA) is 80.3 Å². The lowest BCUT2D eigenvalue weighted by atomic mass is 10.1. The zero-order valence-electron chi connectivity index (χ0n) is 11.6. The molecule has 7 nitrogen and oxygen atoms in total. The van der Waals surface area contributed by atoms with E-state index in [0.717, 1.165) is 0 Å². The molecule has 1 atom stereocenters. The predicted octanol–water partition coefficient (Wildman–Crippen LogP) is 1.10. The maximum Gasteiger partial charge on any atom is 0.508 e. The van der Waals surface area contributed by atoms with Gasteiger partial charge in [-0.3, -0.25) is 0 Å². The van der Waals surface area contributed by atoms with Crippen molar-refractivity contribution in [3.63, 3.8) is 0 Å². The summed E-state index contributed by atoms with van der Waals surface area (Å²) in [5.74, 6) is -1.25. The monoisotopic (exact) mass is 276 g/mol. The van der Waals surface area contributed by atoms with Crippen molar-refractivity contribution in [3.05, 3.63) is 0 Å². The van der Waals surface area contributed by atoms with Crippen LogP contribution in [0, 0.1) is 5.92 Å². The predicted molar refractivity (Wildman–Crippen MR) is 63.4 cm³/mol. The smallest absolute Gasteiger partial charge is 0.462 e. The highest BCUT2D eigenvalue weighted by atomic mass is 16.7. The van der Waals surface area contributed by atoms with Gasteiger partial charge < -0.3 is 23.7 Å². The Morgan fingerprint density at radius 3 is 2.42 bits per heavy atom. The third kappa shape index (κ3) is 5.44. The summed E-state index contributed by atoms with van der Waals surface area (Å²) in [6, 6.07) is 0. The van der Waals surface area contributed by atoms with E-state index in [1.807, 2.05) is 13.8 Å². The number of carbonyl (C=O) groups is 2. The molecular weight excluding hydrogens is 256 g/mol. The second-order valence-corrected chi connectivity index (χ2v) is 4.73. The molecule has 0 aliphatic carbocycles. The third-order valence-corrected chi connectivity index (χ3v) is 2.57. The molecule has 0 bridgehead atoms. The average molecular weight is 276 g/mol. The van der Waals surface area contributed by atoms with E-state index in [0.29, 0.717) is 13.2 Å². The van der Waals surface area contributed by atoms with Crippen molar-refractivity contribution in [2.75, 3.05) is 26.9 Å². The lowest BCUT2D eigenvalue weighted by Crippen LogP contribution is -2.41. The molecule has 0 N–H and O–H groups in total. The largest absolute Gasteiger partial charge is 0.508 e. The van der Waals surface area contributed by atoms with Crippen LogP contribution in [0.3, 0.4) is 0 Å². The van der Waals surface area contributed by atoms with Crippen LogP contribution in [0.2, 0.25) is 0 Å². The fourth-order valence-corrected chi connectivity index (χ4v) is 1.38. The van der Waals surface area contributed by atoms with Gasteiger partial charge in [0.25, 0.3) is 0 Å². The van der Waals surface area contributed by atoms with Crippen LogP contribution >= 0.6 is 0 Å². The quantitative estimate of drug-likeness (QED) is 0.711. The van der Waals surface area contributed by atoms with E-state index in [-0.39, 0.29) is 12.5 Å². The Kier molecular flexibility index (Phi) is 5.56. The SMILES string of the molecule is COC(=O)OC(C)C(=O)OCC1COC(C)(C)OC1. The highest BCUT2D eigenvalue weighted by Crippen LogP contribution is 2.20. The van der Waals surface area contributed by atoms with Crippen LogP contribution in [0.1, 0.15) is 20.8 Å². The van der Waals surface area contributed by atoms with Crippen LogP contribution < -0.4 is 0 Å². The van der Waals surface area contributed by atoms with E-state index in [2.05, 4.69) is 9.47 Å². The van der Waals surface area contributed by atoms with Crippen molar-refractivity contribution in [3.8, 4) is 0 Å². The Bertz CT molecular complexity index is 316. The number of ether oxygens (including phenoxy) is 5. The molecule has 0 spiro atoms. The van der Waals surface area contributed by atoms with Gasteiger partial charge in [0.2, 0.25) is 0 Å². The van der Waals surface area contributed by atoms with Crippen LogP contribution in [0.4, 0.5) is 4.79 Å². The molecule has 1 aliphatic heterocycles. The molecule has 0 aromatic heterocycles. The standard InChI is InChI=1S/C12H20O7/c1-8(19-11(14)15-4)10(13)16-5-9-6-17-12(2,3)18-7-9/h8-9H,5-7H2,1-4H3. The molecule has 1 rings (SSSR count). The van der Waals surface area contributed by atoms with Gasteiger partial charge in [-0.15, -0.1) is 0 Å². The second-order valence-electron chi connectivity index (χ2n) is 4.73. The van der Waals surface area contributed by atoms with E-state index in [9.17, 15) is 9.59 Å². The van der Waals surface area contributed by atoms with Crippen molar-refractivity contribution < 1.29 is 33.3 Å². The summed E-state index contributed by atoms with van der Waals surface area (Å²) in [6.07, 6.45) is -1.93. The highest BCUT2D eigenvalue weighted by Gasteiger charge is 2.29. The molecule has 0 saturated carbocycles. The fraction of sp³-hybridized carbons (Fsp3) is 0.833. The van der Waals surface area contributed by atoms with Crippen LogP contribution in [-0.4, -0.2) is 50.9 Å². The number of methoxy groups -OCH3 is 1. The first-order valence-corrected chi connectivity index (χ1v) is 6.03. The van der Waals surface area contributed by atoms with Crippen molar-refractivity contribution >= 4 is 12.1 Å². The third-order valence-electron chi connectivity index (χ3n) is 2.57. The van der Waals surface area contributed by atoms with Gasteiger partial charge in [0.05, 0.1) is 26.9 Å². The molecule has 1 saturated heterocycles. The normalized spacial score (nSPS) is 20.4. The van der Waals surface area contributed by atoms with Crippen molar-refractivity contribution in [1.82, 2.24) is 0 Å². The van der Waals surface area contributed by atoms with E-state index >= 15 is 0 Å². The summed E-state index contributed by atoms with van der Waals surface area (Å²) < 4.78 is 24.8. The molecular formula is C12H20O7. The van der Waals surface area contributed by atoms with Crippen LogP contribution in [0.5, 0.6) is 0 Å². The van der Waals surface area contributed by atoms with Gasteiger partial charge in [0, 0.05) is 5.92 Å². The van der Waals surface area contributed by atoms with Gasteiger partial charge in [-0.2, -0.15) is 0 Å². The minimum atomic E-state index is -1.01. The molecule has 110 valence electrons. The molecule has 0 amide bonds. The van der Waals surface area contributed by atoms with Gasteiger partial charge in [-0.1, -0.05) is 0 Å². The molecule has 7 heteroatoms. The lowest BCUT2D eigenvalue weighted by Gasteiger charge is -2.34. The van der Waals surface area contributed by atoms with Gasteiger partial charge in [-0.25, -0.2) is 9.59 Å². The number of esters is 1. The summed E-state index contributed by atoms with van der Waals surface area (Å²) in [4.78, 5) is 22.3. The lowest BCUT2D eigenvalue weighted by molar-refractivity contribution is -0.266. The Morgan fingerprint density at radius 2 is 1.89 bits per heavy atom. The minimum absolute atomic E-state index is 0.0256. The molecule has 0 aromatic rings. The average Bonchev–Trinajstić information content (AvgIpc) is 2.36. The van der Waals surface area contributed by atoms with E-state index in [1.165, 1.54) is 14.0 Å². The number of carbonyl (C=O) groups excluding carboxylic acids is 2. The molecule has 1 aliphatic rings. The Balaban J connectivity index is 2.25. The van der Waals surface area contributed by atoms with Gasteiger partial charge >= 0.3 is 12.1 Å². The van der Waals surface area contributed by atoms with E-state index < -0.39 is 24.0 Å². The van der Waals surface area contributed by atoms with E-state index in [4.69, 9.17) is 14.2 Å². The molecule has 1 heterocycles. The highest BCUT2D eigenvalue weighted by molar-refractivity contribution is 5.76. The number of hydrogen-bond acceptors (Lipinski definition) is 7. The number of hydrogen-bond donors (Lipinski definition) is 0. The minimum Gasteiger partial charge on any atom is -0.462 e. The molecule has 19 heavy (non-hydrogen) atoms. The first kappa shape index (κ1) is 15.7. The Labute approximate surface area is 112 Å². The van der Waals surface area contributed by atoms with E-state index in [1.54, 1.807) is 0 Å². The first-order chi connectivity index (χ1) is 8.84. The zero-order chi connectivity index (χ0) is 14.5. The molecule has 0 radical (unpaired) electrons. The van der Waals surface area contributed by atoms with Crippen LogP contribution in [-0.2, 0) is 28.5 Å². The van der Waals surface area contributed by atoms with Crippen LogP contribution in [0.15, 0.2) is 0 Å². The summed E-state index contributed by atoms with van der Waals surface area (Å²) in [6.45, 7) is 6.11. The van der Waals surface area contributed by atoms with Gasteiger partial charge in [0.1, 0.15) is 0 Å². The van der Waals surface area contributed by atoms with Crippen LogP contribution in [0.25, 0.3) is 0 Å². The zero-order valence-corrected chi connectivity index (χ0v) is 11.6. The van der Waals surface area contributed by atoms with Crippen molar-refractivity contribution in [1.29, 1.82) is 0 Å². The van der Waals surface area contributed by atoms with Gasteiger partial charge in [0.15, 0.2) is 11.9 Å². The molecule has 1 unspecified atom stereocenters. The number of rotatable bonds is 4. The fourth-order valence-electron chi connectivity index (χ4n) is 1.38. The maximum absolute atomic E-state index is 11.5. The van der Waals surface area contributed by atoms with Gasteiger partial charge in [-0.05, 0) is 20.8 Å². The molecule has 1 fully saturated rings. The summed E-state index contributed by atoms with van der Waals surface area (Å²) in [7, 11) is 1.17. The summed E-state index contributed by atoms with van der Waals surface area (Å²) >= 11 is 0. The summed E-state index contributed by atoms with van der Waals surface area (Å²) in [5.41, 5.74) is 0. The second kappa shape index (κ2) is 6.72. The Hall–Kier alpha value is -1.34. The summed E-state index contributed by atoms with van der Waals surface area (Å²) in [5, 5.41) is 0. The van der Waals surface area contributed by atoms with Crippen molar-refractivity contribution in [2.24, 2.45) is 5.92 Å². The Morgan fingerprint density at radius 1 is 1.32 bits per heavy atom. The van der Waals surface area contributed by atoms with Crippen molar-refractivity contribution in [2.45, 2.75) is 32.7 Å².